The van der Waals surface area contributed by atoms with E-state index in [9.17, 15) is 13.2 Å². The first-order chi connectivity index (χ1) is 4.58. The van der Waals surface area contributed by atoms with Gasteiger partial charge in [0.25, 0.3) is 0 Å². The van der Waals surface area contributed by atoms with Crippen molar-refractivity contribution in [2.45, 2.75) is 19.1 Å². The van der Waals surface area contributed by atoms with Gasteiger partial charge in [-0.2, -0.15) is 0 Å². The average Bonchev–Trinajstić information content (AvgIpc) is 2.12. The highest BCUT2D eigenvalue weighted by atomic mass is 19.4. The molecule has 1 aliphatic rings. The molecule has 1 aliphatic heterocycles. The Hall–Kier alpha value is -0.780. The second-order valence-corrected chi connectivity index (χ2v) is 1.55. The molecule has 1 heterocycles. The standard InChI is InChI=1S/C4H3F3NO2/c5-4(6,7)9-3-1-2-8-10-3/h3H,1H2. The van der Waals surface area contributed by atoms with Gasteiger partial charge in [0, 0.05) is 0 Å². The van der Waals surface area contributed by atoms with Crippen molar-refractivity contribution in [2.24, 2.45) is 5.16 Å². The molecule has 1 rings (SSSR count). The lowest BCUT2D eigenvalue weighted by atomic mass is 10.5. The first-order valence-electron chi connectivity index (χ1n) is 2.41. The Bertz CT molecular complexity index is 136. The molecule has 1 radical (unpaired) electrons. The molecule has 0 fully saturated rings. The summed E-state index contributed by atoms with van der Waals surface area (Å²) in [5, 5.41) is 2.97. The van der Waals surface area contributed by atoms with Crippen molar-refractivity contribution in [3.63, 3.8) is 0 Å². The summed E-state index contributed by atoms with van der Waals surface area (Å²) < 4.78 is 37.4. The predicted octanol–water partition coefficient (Wildman–Crippen LogP) is 1.13. The topological polar surface area (TPSA) is 30.8 Å². The molecule has 0 aromatic heterocycles. The van der Waals surface area contributed by atoms with Gasteiger partial charge in [-0.05, 0) is 0 Å². The van der Waals surface area contributed by atoms with Gasteiger partial charge in [-0.3, -0.25) is 0 Å². The zero-order valence-corrected chi connectivity index (χ0v) is 4.68. The smallest absolute Gasteiger partial charge is 0.363 e. The van der Waals surface area contributed by atoms with E-state index in [4.69, 9.17) is 0 Å². The van der Waals surface area contributed by atoms with Crippen LogP contribution in [0.1, 0.15) is 6.42 Å². The van der Waals surface area contributed by atoms with Crippen molar-refractivity contribution in [3.05, 3.63) is 0 Å². The summed E-state index contributed by atoms with van der Waals surface area (Å²) in [5.74, 6) is 0. The number of hydrogen-bond acceptors (Lipinski definition) is 3. The maximum Gasteiger partial charge on any atom is 0.525 e. The van der Waals surface area contributed by atoms with Crippen LogP contribution in [0.5, 0.6) is 0 Å². The van der Waals surface area contributed by atoms with E-state index in [1.165, 1.54) is 0 Å². The molecular weight excluding hydrogens is 151 g/mol. The van der Waals surface area contributed by atoms with Crippen molar-refractivity contribution >= 4 is 6.21 Å². The van der Waals surface area contributed by atoms with Crippen molar-refractivity contribution in [3.8, 4) is 0 Å². The number of halogens is 3. The monoisotopic (exact) mass is 154 g/mol. The molecule has 1 atom stereocenters. The first kappa shape index (κ1) is 7.33. The van der Waals surface area contributed by atoms with Crippen LogP contribution in [-0.2, 0) is 9.57 Å². The molecule has 10 heavy (non-hydrogen) atoms. The Morgan fingerprint density at radius 1 is 1.60 bits per heavy atom. The summed E-state index contributed by atoms with van der Waals surface area (Å²) >= 11 is 0. The summed E-state index contributed by atoms with van der Waals surface area (Å²) in [6.45, 7) is 0. The minimum Gasteiger partial charge on any atom is -0.363 e. The molecule has 0 spiro atoms. The normalized spacial score (nSPS) is 24.9. The largest absolute Gasteiger partial charge is 0.525 e. The maximum atomic E-state index is 11.3. The molecular formula is C4H3F3NO2. The fourth-order valence-corrected chi connectivity index (χ4v) is 0.457. The van der Waals surface area contributed by atoms with Gasteiger partial charge in [0.2, 0.25) is 6.29 Å². The molecule has 0 saturated heterocycles. The van der Waals surface area contributed by atoms with Gasteiger partial charge >= 0.3 is 6.36 Å². The zero-order valence-electron chi connectivity index (χ0n) is 4.68. The molecule has 0 aliphatic carbocycles. The number of nitrogens with zero attached hydrogens (tertiary/aromatic N) is 1. The Labute approximate surface area is 54.4 Å². The number of rotatable bonds is 1. The summed E-state index contributed by atoms with van der Waals surface area (Å²) in [5.41, 5.74) is 0. The lowest BCUT2D eigenvalue weighted by molar-refractivity contribution is -0.374. The quantitative estimate of drug-likeness (QED) is 0.566. The fourth-order valence-electron chi connectivity index (χ4n) is 0.457. The molecule has 0 bridgehead atoms. The van der Waals surface area contributed by atoms with E-state index in [0.717, 1.165) is 0 Å². The molecule has 0 aromatic carbocycles. The van der Waals surface area contributed by atoms with Gasteiger partial charge in [-0.15, -0.1) is 13.2 Å². The Morgan fingerprint density at radius 2 is 2.30 bits per heavy atom. The van der Waals surface area contributed by atoms with Gasteiger partial charge in [0.05, 0.1) is 6.42 Å². The van der Waals surface area contributed by atoms with Crippen LogP contribution >= 0.6 is 0 Å². The second-order valence-electron chi connectivity index (χ2n) is 1.55. The Balaban J connectivity index is 2.26. The van der Waals surface area contributed by atoms with Gasteiger partial charge < -0.3 is 4.84 Å². The summed E-state index contributed by atoms with van der Waals surface area (Å²) in [6, 6.07) is 0. The van der Waals surface area contributed by atoms with E-state index in [2.05, 4.69) is 20.9 Å². The molecule has 3 nitrogen and oxygen atoms in total. The van der Waals surface area contributed by atoms with Crippen molar-refractivity contribution in [1.29, 1.82) is 0 Å². The van der Waals surface area contributed by atoms with Crippen molar-refractivity contribution < 1.29 is 22.7 Å². The van der Waals surface area contributed by atoms with Crippen LogP contribution in [-0.4, -0.2) is 18.9 Å². The van der Waals surface area contributed by atoms with Gasteiger partial charge in [-0.25, -0.2) is 4.74 Å². The maximum absolute atomic E-state index is 11.3. The molecule has 6 heteroatoms. The van der Waals surface area contributed by atoms with Gasteiger partial charge in [0.15, 0.2) is 0 Å². The van der Waals surface area contributed by atoms with E-state index in [-0.39, 0.29) is 6.42 Å². The van der Waals surface area contributed by atoms with E-state index >= 15 is 0 Å². The van der Waals surface area contributed by atoms with E-state index in [1.54, 1.807) is 0 Å². The SMILES string of the molecule is FC(F)(F)OC1C[C]=NO1. The summed E-state index contributed by atoms with van der Waals surface area (Å²) in [4.78, 5) is 4.10. The number of alkyl halides is 3. The average molecular weight is 154 g/mol. The molecule has 0 aromatic rings. The third-order valence-electron chi connectivity index (χ3n) is 0.758. The first-order valence-corrected chi connectivity index (χ1v) is 2.41. The third-order valence-corrected chi connectivity index (χ3v) is 0.758. The Kier molecular flexibility index (Phi) is 1.80. The molecule has 0 amide bonds. The van der Waals surface area contributed by atoms with Crippen LogP contribution < -0.4 is 0 Å². The molecule has 57 valence electrons. The van der Waals surface area contributed by atoms with Crippen LogP contribution in [0.4, 0.5) is 13.2 Å². The fraction of sp³-hybridized carbons (Fsp3) is 0.750. The summed E-state index contributed by atoms with van der Waals surface area (Å²) in [7, 11) is 0. The summed E-state index contributed by atoms with van der Waals surface area (Å²) in [6.07, 6.45) is -3.92. The molecule has 0 saturated carbocycles. The van der Waals surface area contributed by atoms with Crippen molar-refractivity contribution in [1.82, 2.24) is 0 Å². The van der Waals surface area contributed by atoms with Crippen LogP contribution in [0, 0.1) is 0 Å². The highest BCUT2D eigenvalue weighted by molar-refractivity contribution is 5.58. The minimum atomic E-state index is -4.66. The van der Waals surface area contributed by atoms with E-state index in [1.807, 2.05) is 0 Å². The van der Waals surface area contributed by atoms with Crippen LogP contribution in [0.2, 0.25) is 0 Å². The predicted molar refractivity (Wildman–Crippen MR) is 24.1 cm³/mol. The third kappa shape index (κ3) is 2.22. The highest BCUT2D eigenvalue weighted by Crippen LogP contribution is 2.21. The molecule has 1 unspecified atom stereocenters. The van der Waals surface area contributed by atoms with Crippen LogP contribution in [0.3, 0.4) is 0 Å². The number of hydrogen-bond donors (Lipinski definition) is 0. The van der Waals surface area contributed by atoms with E-state index in [0.29, 0.717) is 0 Å². The lowest BCUT2D eigenvalue weighted by Gasteiger charge is -2.10. The van der Waals surface area contributed by atoms with Crippen LogP contribution in [0.15, 0.2) is 5.16 Å². The van der Waals surface area contributed by atoms with Gasteiger partial charge in [-0.1, -0.05) is 5.16 Å². The number of ether oxygens (including phenoxy) is 1. The van der Waals surface area contributed by atoms with Gasteiger partial charge in [0.1, 0.15) is 6.21 Å². The highest BCUT2D eigenvalue weighted by Gasteiger charge is 2.35. The van der Waals surface area contributed by atoms with Crippen LogP contribution in [0.25, 0.3) is 0 Å². The zero-order chi connectivity index (χ0) is 7.61. The van der Waals surface area contributed by atoms with E-state index < -0.39 is 12.7 Å². The van der Waals surface area contributed by atoms with Crippen molar-refractivity contribution in [2.75, 3.05) is 0 Å². The second kappa shape index (κ2) is 2.45. The Morgan fingerprint density at radius 3 is 2.70 bits per heavy atom. The lowest BCUT2D eigenvalue weighted by Crippen LogP contribution is -2.22. The molecule has 0 N–H and O–H groups in total. The minimum absolute atomic E-state index is 0.0838.